The maximum atomic E-state index is 12.5. The molecule has 10 heteroatoms. The molecular weight excluding hydrogens is 451 g/mol. The van der Waals surface area contributed by atoms with E-state index in [9.17, 15) is 9.36 Å². The molecule has 0 atom stereocenters. The second-order valence-corrected chi connectivity index (χ2v) is 16.3. The van der Waals surface area contributed by atoms with E-state index in [1.807, 2.05) is 19.9 Å². The van der Waals surface area contributed by atoms with Gasteiger partial charge in [-0.15, -0.1) is 0 Å². The molecule has 2 N–H and O–H groups in total. The summed E-state index contributed by atoms with van der Waals surface area (Å²) in [6, 6.07) is 0.943. The van der Waals surface area contributed by atoms with Gasteiger partial charge in [-0.2, -0.15) is 0 Å². The average Bonchev–Trinajstić information content (AvgIpc) is 3.06. The molecule has 8 nitrogen and oxygen atoms in total. The predicted molar refractivity (Wildman–Crippen MR) is 125 cm³/mol. The van der Waals surface area contributed by atoms with Crippen molar-refractivity contribution in [1.82, 2.24) is 0 Å². The van der Waals surface area contributed by atoms with Crippen molar-refractivity contribution in [2.45, 2.75) is 59.0 Å². The van der Waals surface area contributed by atoms with Gasteiger partial charge in [0.05, 0.1) is 20.3 Å². The highest BCUT2D eigenvalue weighted by Crippen LogP contribution is 2.43. The van der Waals surface area contributed by atoms with Gasteiger partial charge < -0.3 is 28.7 Å². The van der Waals surface area contributed by atoms with Gasteiger partial charge in [0.25, 0.3) is 0 Å². The van der Waals surface area contributed by atoms with Crippen molar-refractivity contribution in [2.24, 2.45) is 0 Å². The number of hydrogen-bond donors (Lipinski definition) is 2. The number of fused-ring (bicyclic) bond motifs is 1. The highest BCUT2D eigenvalue weighted by Gasteiger charge is 2.33. The van der Waals surface area contributed by atoms with Crippen molar-refractivity contribution >= 4 is 21.6 Å². The molecule has 0 aliphatic carbocycles. The first-order chi connectivity index (χ1) is 14.9. The van der Waals surface area contributed by atoms with Gasteiger partial charge in [-0.05, 0) is 36.9 Å². The molecule has 0 fully saturated rings. The van der Waals surface area contributed by atoms with Crippen LogP contribution in [0.2, 0.25) is 25.7 Å². The van der Waals surface area contributed by atoms with Gasteiger partial charge in [0.2, 0.25) is 0 Å². The molecule has 0 radical (unpaired) electrons. The molecule has 0 saturated heterocycles. The normalized spacial score (nSPS) is 14.4. The summed E-state index contributed by atoms with van der Waals surface area (Å²) >= 11 is 0. The topological polar surface area (TPSA) is 112 Å². The Labute approximate surface area is 191 Å². The van der Waals surface area contributed by atoms with Gasteiger partial charge in [0, 0.05) is 19.2 Å². The van der Waals surface area contributed by atoms with E-state index in [4.69, 9.17) is 28.7 Å². The Morgan fingerprint density at radius 2 is 1.94 bits per heavy atom. The molecule has 0 bridgehead atoms. The molecule has 1 aliphatic heterocycles. The standard InChI is InChI=1S/C22H35O8PSi/c1-7-16(12-28-14-31(24,25)26)8-9-17-20(27-3)15(2)18-13-30-22(23)19(18)21(17)29-10-11-32(4,5)6/h8H,7,9-14H2,1-6H3,(H2,24,25,26). The van der Waals surface area contributed by atoms with E-state index in [-0.39, 0.29) is 19.2 Å². The molecule has 32 heavy (non-hydrogen) atoms. The van der Waals surface area contributed by atoms with Crippen LogP contribution in [0.1, 0.15) is 40.4 Å². The first-order valence-electron chi connectivity index (χ1n) is 10.7. The summed E-state index contributed by atoms with van der Waals surface area (Å²) in [5.74, 6) is 0.776. The lowest BCUT2D eigenvalue weighted by Crippen LogP contribution is -2.23. The number of benzene rings is 1. The van der Waals surface area contributed by atoms with Crippen molar-refractivity contribution < 1.29 is 38.1 Å². The predicted octanol–water partition coefficient (Wildman–Crippen LogP) is 4.42. The minimum atomic E-state index is -4.22. The number of methoxy groups -OCH3 is 1. The maximum Gasteiger partial charge on any atom is 0.350 e. The lowest BCUT2D eigenvalue weighted by atomic mass is 9.94. The highest BCUT2D eigenvalue weighted by atomic mass is 31.2. The lowest BCUT2D eigenvalue weighted by Gasteiger charge is -2.21. The zero-order valence-electron chi connectivity index (χ0n) is 19.8. The molecule has 1 aliphatic rings. The Morgan fingerprint density at radius 1 is 1.25 bits per heavy atom. The van der Waals surface area contributed by atoms with E-state index in [1.54, 1.807) is 7.11 Å². The molecule has 0 saturated carbocycles. The zero-order chi connectivity index (χ0) is 24.1. The molecular formula is C22H35O8PSi. The quantitative estimate of drug-likeness (QED) is 0.193. The first kappa shape index (κ1) is 26.6. The Hall–Kier alpha value is -1.64. The summed E-state index contributed by atoms with van der Waals surface area (Å²) in [5.41, 5.74) is 3.76. The van der Waals surface area contributed by atoms with Gasteiger partial charge in [-0.1, -0.05) is 32.6 Å². The fraction of sp³-hybridized carbons (Fsp3) is 0.591. The number of carbonyl (C=O) groups excluding carboxylic acids is 1. The Kier molecular flexibility index (Phi) is 9.13. The molecule has 0 amide bonds. The van der Waals surface area contributed by atoms with Crippen LogP contribution in [0, 0.1) is 6.92 Å². The fourth-order valence-corrected chi connectivity index (χ4v) is 4.52. The monoisotopic (exact) mass is 486 g/mol. The number of esters is 1. The second kappa shape index (κ2) is 11.0. The van der Waals surface area contributed by atoms with Crippen LogP contribution >= 0.6 is 7.60 Å². The number of ether oxygens (including phenoxy) is 4. The van der Waals surface area contributed by atoms with Gasteiger partial charge in [-0.25, -0.2) is 4.79 Å². The summed E-state index contributed by atoms with van der Waals surface area (Å²) in [6.07, 6.45) is 2.40. The van der Waals surface area contributed by atoms with Crippen LogP contribution in [0.3, 0.4) is 0 Å². The summed E-state index contributed by atoms with van der Waals surface area (Å²) in [6.45, 7) is 11.5. The summed E-state index contributed by atoms with van der Waals surface area (Å²) < 4.78 is 33.4. The van der Waals surface area contributed by atoms with E-state index in [0.29, 0.717) is 36.5 Å². The number of rotatable bonds is 12. The van der Waals surface area contributed by atoms with Crippen LogP contribution in [0.15, 0.2) is 11.6 Å². The summed E-state index contributed by atoms with van der Waals surface area (Å²) in [5, 5.41) is 0. The van der Waals surface area contributed by atoms with Crippen LogP contribution in [-0.2, 0) is 27.1 Å². The van der Waals surface area contributed by atoms with E-state index in [2.05, 4.69) is 19.6 Å². The third-order valence-electron chi connectivity index (χ3n) is 5.32. The minimum absolute atomic E-state index is 0.113. The van der Waals surface area contributed by atoms with Crippen molar-refractivity contribution in [3.8, 4) is 11.5 Å². The molecule has 0 spiro atoms. The SMILES string of the molecule is CCC(=CCc1c(OC)c(C)c2c(c1OCC[Si](C)(C)C)C(=O)OC2)COCP(=O)(O)O. The molecule has 180 valence electrons. The van der Waals surface area contributed by atoms with Gasteiger partial charge in [-0.3, -0.25) is 4.57 Å². The highest BCUT2D eigenvalue weighted by molar-refractivity contribution is 7.51. The largest absolute Gasteiger partial charge is 0.496 e. The van der Waals surface area contributed by atoms with Crippen LogP contribution in [0.5, 0.6) is 11.5 Å². The van der Waals surface area contributed by atoms with E-state index in [1.165, 1.54) is 0 Å². The van der Waals surface area contributed by atoms with Gasteiger partial charge in [0.15, 0.2) is 0 Å². The van der Waals surface area contributed by atoms with E-state index >= 15 is 0 Å². The third-order valence-corrected chi connectivity index (χ3v) is 7.54. The molecule has 1 aromatic carbocycles. The molecule has 1 aromatic rings. The van der Waals surface area contributed by atoms with Crippen LogP contribution in [-0.4, -0.2) is 50.5 Å². The number of carbonyl (C=O) groups is 1. The van der Waals surface area contributed by atoms with Gasteiger partial charge in [0.1, 0.15) is 30.0 Å². The maximum absolute atomic E-state index is 12.5. The fourth-order valence-electron chi connectivity index (χ4n) is 3.48. The van der Waals surface area contributed by atoms with Crippen LogP contribution < -0.4 is 9.47 Å². The smallest absolute Gasteiger partial charge is 0.350 e. The number of cyclic esters (lactones) is 1. The Balaban J connectivity index is 2.40. The van der Waals surface area contributed by atoms with Crippen LogP contribution in [0.4, 0.5) is 0 Å². The second-order valence-electron chi connectivity index (χ2n) is 9.12. The van der Waals surface area contributed by atoms with Crippen molar-refractivity contribution in [3.63, 3.8) is 0 Å². The zero-order valence-corrected chi connectivity index (χ0v) is 21.7. The average molecular weight is 487 g/mol. The van der Waals surface area contributed by atoms with E-state index in [0.717, 1.165) is 28.3 Å². The Bertz CT molecular complexity index is 914. The molecule has 0 aromatic heterocycles. The van der Waals surface area contributed by atoms with Crippen LogP contribution in [0.25, 0.3) is 0 Å². The molecule has 0 unspecified atom stereocenters. The molecule has 2 rings (SSSR count). The van der Waals surface area contributed by atoms with Crippen molar-refractivity contribution in [2.75, 3.05) is 26.7 Å². The third kappa shape index (κ3) is 7.18. The Morgan fingerprint density at radius 3 is 2.50 bits per heavy atom. The van der Waals surface area contributed by atoms with E-state index < -0.39 is 22.0 Å². The minimum Gasteiger partial charge on any atom is -0.496 e. The summed E-state index contributed by atoms with van der Waals surface area (Å²) in [7, 11) is -3.97. The number of hydrogen-bond acceptors (Lipinski definition) is 6. The lowest BCUT2D eigenvalue weighted by molar-refractivity contribution is 0.0532. The molecule has 1 heterocycles. The van der Waals surface area contributed by atoms with Crippen molar-refractivity contribution in [3.05, 3.63) is 33.9 Å². The first-order valence-corrected chi connectivity index (χ1v) is 16.2. The number of allylic oxidation sites excluding steroid dienone is 1. The van der Waals surface area contributed by atoms with Gasteiger partial charge >= 0.3 is 13.6 Å². The van der Waals surface area contributed by atoms with Crippen molar-refractivity contribution in [1.29, 1.82) is 0 Å². The summed E-state index contributed by atoms with van der Waals surface area (Å²) in [4.78, 5) is 30.5.